The summed E-state index contributed by atoms with van der Waals surface area (Å²) < 4.78 is 5.51. The predicted molar refractivity (Wildman–Crippen MR) is 113 cm³/mol. The van der Waals surface area contributed by atoms with E-state index in [2.05, 4.69) is 29.3 Å². The molecule has 1 N–H and O–H groups in total. The van der Waals surface area contributed by atoms with Gasteiger partial charge in [-0.3, -0.25) is 10.2 Å². The first-order chi connectivity index (χ1) is 13.2. The summed E-state index contributed by atoms with van der Waals surface area (Å²) in [5, 5.41) is 2.85. The van der Waals surface area contributed by atoms with Crippen LogP contribution in [0.15, 0.2) is 24.3 Å². The summed E-state index contributed by atoms with van der Waals surface area (Å²) >= 11 is 0. The van der Waals surface area contributed by atoms with Crippen molar-refractivity contribution in [2.24, 2.45) is 0 Å². The topological polar surface area (TPSA) is 41.6 Å². The zero-order valence-electron chi connectivity index (χ0n) is 17.3. The highest BCUT2D eigenvalue weighted by Crippen LogP contribution is 2.14. The molecule has 152 valence electrons. The van der Waals surface area contributed by atoms with E-state index in [1.165, 1.54) is 63.4 Å². The van der Waals surface area contributed by atoms with Gasteiger partial charge in [0.15, 0.2) is 0 Å². The van der Waals surface area contributed by atoms with Crippen molar-refractivity contribution >= 4 is 11.8 Å². The molecule has 0 bridgehead atoms. The minimum absolute atomic E-state index is 0.0879. The average Bonchev–Trinajstić information content (AvgIpc) is 2.66. The molecule has 1 heterocycles. The number of ether oxygens (including phenoxy) is 1. The third-order valence-corrected chi connectivity index (χ3v) is 5.29. The van der Waals surface area contributed by atoms with Crippen LogP contribution in [0, 0.1) is 0 Å². The minimum Gasteiger partial charge on any atom is -0.445 e. The Morgan fingerprint density at radius 3 is 2.41 bits per heavy atom. The van der Waals surface area contributed by atoms with Crippen molar-refractivity contribution in [2.45, 2.75) is 84.2 Å². The van der Waals surface area contributed by atoms with Gasteiger partial charge in [-0.2, -0.15) is 0 Å². The number of hydrogen-bond donors (Lipinski definition) is 1. The van der Waals surface area contributed by atoms with Crippen LogP contribution in [-0.4, -0.2) is 36.7 Å². The fourth-order valence-corrected chi connectivity index (χ4v) is 3.74. The van der Waals surface area contributed by atoms with Crippen molar-refractivity contribution in [2.75, 3.05) is 25.0 Å². The highest BCUT2D eigenvalue weighted by molar-refractivity contribution is 5.84. The number of unbranched alkanes of at least 4 members (excludes halogenated alkanes) is 5. The maximum Gasteiger partial charge on any atom is 0.411 e. The van der Waals surface area contributed by atoms with E-state index in [9.17, 15) is 4.79 Å². The summed E-state index contributed by atoms with van der Waals surface area (Å²) in [5.41, 5.74) is 2.14. The number of benzene rings is 1. The highest BCUT2D eigenvalue weighted by Gasteiger charge is 2.16. The van der Waals surface area contributed by atoms with E-state index in [1.807, 2.05) is 19.1 Å². The Hall–Kier alpha value is -1.55. The third kappa shape index (κ3) is 9.28. The first-order valence-electron chi connectivity index (χ1n) is 11.0. The molecule has 1 aromatic rings. The van der Waals surface area contributed by atoms with Crippen molar-refractivity contribution in [3.05, 3.63) is 29.8 Å². The standard InChI is InChI=1S/C23H38N2O2/c1-3-4-5-6-7-9-12-21-13-15-22(16-14-21)24-23(26)27-20(2)19-25-17-10-8-11-18-25/h13-16,20H,3-12,17-19H2,1-2H3,(H,24,26)/t20-/m0/s1. The van der Waals surface area contributed by atoms with Crippen LogP contribution >= 0.6 is 0 Å². The molecular weight excluding hydrogens is 336 g/mol. The Morgan fingerprint density at radius 2 is 1.70 bits per heavy atom. The van der Waals surface area contributed by atoms with Crippen molar-refractivity contribution in [1.29, 1.82) is 0 Å². The predicted octanol–water partition coefficient (Wildman–Crippen LogP) is 6.01. The van der Waals surface area contributed by atoms with Crippen molar-refractivity contribution < 1.29 is 9.53 Å². The van der Waals surface area contributed by atoms with Gasteiger partial charge in [0.2, 0.25) is 0 Å². The molecule has 0 unspecified atom stereocenters. The van der Waals surface area contributed by atoms with Crippen LogP contribution in [0.5, 0.6) is 0 Å². The second kappa shape index (κ2) is 12.8. The number of anilines is 1. The van der Waals surface area contributed by atoms with Crippen LogP contribution in [0.2, 0.25) is 0 Å². The van der Waals surface area contributed by atoms with Crippen molar-refractivity contribution in [3.63, 3.8) is 0 Å². The molecule has 1 atom stereocenters. The van der Waals surface area contributed by atoms with Crippen LogP contribution in [-0.2, 0) is 11.2 Å². The highest BCUT2D eigenvalue weighted by atomic mass is 16.6. The average molecular weight is 375 g/mol. The van der Waals surface area contributed by atoms with Crippen molar-refractivity contribution in [3.8, 4) is 0 Å². The summed E-state index contributed by atoms with van der Waals surface area (Å²) in [6.45, 7) is 7.29. The number of aryl methyl sites for hydroxylation is 1. The fourth-order valence-electron chi connectivity index (χ4n) is 3.74. The first-order valence-corrected chi connectivity index (χ1v) is 11.0. The van der Waals surface area contributed by atoms with Gasteiger partial charge in [0, 0.05) is 12.2 Å². The quantitative estimate of drug-likeness (QED) is 0.482. The summed E-state index contributed by atoms with van der Waals surface area (Å²) in [4.78, 5) is 14.5. The van der Waals surface area contributed by atoms with E-state index in [0.29, 0.717) is 0 Å². The molecule has 1 saturated heterocycles. The van der Waals surface area contributed by atoms with Gasteiger partial charge in [-0.05, 0) is 63.4 Å². The number of rotatable bonds is 11. The molecule has 1 aliphatic rings. The van der Waals surface area contributed by atoms with Crippen molar-refractivity contribution in [1.82, 2.24) is 4.90 Å². The lowest BCUT2D eigenvalue weighted by Gasteiger charge is -2.28. The van der Waals surface area contributed by atoms with E-state index in [0.717, 1.165) is 31.7 Å². The molecule has 2 rings (SSSR count). The van der Waals surface area contributed by atoms with Gasteiger partial charge in [0.05, 0.1) is 0 Å². The lowest BCUT2D eigenvalue weighted by Crippen LogP contribution is -2.37. The van der Waals surface area contributed by atoms with Gasteiger partial charge in [-0.25, -0.2) is 4.79 Å². The maximum atomic E-state index is 12.1. The summed E-state index contributed by atoms with van der Waals surface area (Å²) in [6, 6.07) is 8.17. The summed E-state index contributed by atoms with van der Waals surface area (Å²) in [6.07, 6.45) is 12.4. The Balaban J connectivity index is 1.63. The monoisotopic (exact) mass is 374 g/mol. The molecule has 0 aromatic heterocycles. The number of hydrogen-bond acceptors (Lipinski definition) is 3. The van der Waals surface area contributed by atoms with E-state index in [1.54, 1.807) is 0 Å². The Labute approximate surface area is 165 Å². The van der Waals surface area contributed by atoms with E-state index in [-0.39, 0.29) is 12.2 Å². The lowest BCUT2D eigenvalue weighted by atomic mass is 10.0. The van der Waals surface area contributed by atoms with Gasteiger partial charge >= 0.3 is 6.09 Å². The number of amides is 1. The van der Waals surface area contributed by atoms with E-state index < -0.39 is 0 Å². The third-order valence-electron chi connectivity index (χ3n) is 5.29. The summed E-state index contributed by atoms with van der Waals surface area (Å²) in [7, 11) is 0. The SMILES string of the molecule is CCCCCCCCc1ccc(NC(=O)O[C@@H](C)CN2CCCCC2)cc1. The fraction of sp³-hybridized carbons (Fsp3) is 0.696. The minimum atomic E-state index is -0.358. The molecule has 1 fully saturated rings. The molecule has 4 heteroatoms. The van der Waals surface area contributed by atoms with Gasteiger partial charge in [-0.15, -0.1) is 0 Å². The second-order valence-corrected chi connectivity index (χ2v) is 7.92. The Kier molecular flexibility index (Phi) is 10.3. The number of carbonyl (C=O) groups excluding carboxylic acids is 1. The second-order valence-electron chi connectivity index (χ2n) is 7.92. The van der Waals surface area contributed by atoms with Gasteiger partial charge in [-0.1, -0.05) is 57.6 Å². The number of nitrogens with one attached hydrogen (secondary N) is 1. The molecule has 4 nitrogen and oxygen atoms in total. The zero-order valence-corrected chi connectivity index (χ0v) is 17.3. The first kappa shape index (κ1) is 21.7. The molecule has 0 radical (unpaired) electrons. The number of carbonyl (C=O) groups is 1. The van der Waals surface area contributed by atoms with Gasteiger partial charge < -0.3 is 4.74 Å². The molecule has 1 amide bonds. The van der Waals surface area contributed by atoms with Gasteiger partial charge in [0.1, 0.15) is 6.10 Å². The van der Waals surface area contributed by atoms with E-state index in [4.69, 9.17) is 4.74 Å². The molecule has 0 aliphatic carbocycles. The largest absolute Gasteiger partial charge is 0.445 e. The van der Waals surface area contributed by atoms with Crippen LogP contribution in [0.1, 0.15) is 77.2 Å². The Bertz CT molecular complexity index is 524. The zero-order chi connectivity index (χ0) is 19.3. The molecule has 1 aliphatic heterocycles. The normalized spacial score (nSPS) is 16.1. The van der Waals surface area contributed by atoms with E-state index >= 15 is 0 Å². The molecule has 1 aromatic carbocycles. The molecular formula is C23H38N2O2. The van der Waals surface area contributed by atoms with Gasteiger partial charge in [0.25, 0.3) is 0 Å². The Morgan fingerprint density at radius 1 is 1.04 bits per heavy atom. The maximum absolute atomic E-state index is 12.1. The molecule has 0 spiro atoms. The lowest BCUT2D eigenvalue weighted by molar-refractivity contribution is 0.0833. The number of piperidine rings is 1. The van der Waals surface area contributed by atoms with Crippen LogP contribution < -0.4 is 5.32 Å². The van der Waals surface area contributed by atoms with Crippen LogP contribution in [0.25, 0.3) is 0 Å². The summed E-state index contributed by atoms with van der Waals surface area (Å²) in [5.74, 6) is 0. The van der Waals surface area contributed by atoms with Crippen LogP contribution in [0.4, 0.5) is 10.5 Å². The molecule has 27 heavy (non-hydrogen) atoms. The molecule has 0 saturated carbocycles. The number of nitrogens with zero attached hydrogens (tertiary/aromatic N) is 1. The van der Waals surface area contributed by atoms with Crippen LogP contribution in [0.3, 0.4) is 0 Å². The number of likely N-dealkylation sites (tertiary alicyclic amines) is 1. The smallest absolute Gasteiger partial charge is 0.411 e.